The van der Waals surface area contributed by atoms with E-state index in [-0.39, 0.29) is 12.5 Å². The van der Waals surface area contributed by atoms with E-state index in [4.69, 9.17) is 5.11 Å². The second-order valence-corrected chi connectivity index (χ2v) is 6.83. The van der Waals surface area contributed by atoms with Crippen molar-refractivity contribution in [3.8, 4) is 11.8 Å². The van der Waals surface area contributed by atoms with Gasteiger partial charge < -0.3 is 15.3 Å². The molecular formula is C20H25NO3. The zero-order chi connectivity index (χ0) is 17.2. The summed E-state index contributed by atoms with van der Waals surface area (Å²) in [6.45, 7) is 6.21. The smallest absolute Gasteiger partial charge is 0.141 e. The van der Waals surface area contributed by atoms with Gasteiger partial charge >= 0.3 is 0 Å². The third-order valence-corrected chi connectivity index (χ3v) is 5.19. The van der Waals surface area contributed by atoms with E-state index in [9.17, 15) is 10.2 Å². The summed E-state index contributed by atoms with van der Waals surface area (Å²) in [5, 5.41) is 29.8. The van der Waals surface area contributed by atoms with Gasteiger partial charge in [-0.3, -0.25) is 4.90 Å². The van der Waals surface area contributed by atoms with E-state index in [1.807, 2.05) is 12.1 Å². The second-order valence-electron chi connectivity index (χ2n) is 6.83. The summed E-state index contributed by atoms with van der Waals surface area (Å²) in [4.78, 5) is 2.28. The number of allylic oxidation sites excluding steroid dienone is 1. The van der Waals surface area contributed by atoms with Crippen LogP contribution < -0.4 is 0 Å². The zero-order valence-electron chi connectivity index (χ0n) is 13.9. The lowest BCUT2D eigenvalue weighted by molar-refractivity contribution is -0.0713. The van der Waals surface area contributed by atoms with Gasteiger partial charge in [0.2, 0.25) is 0 Å². The van der Waals surface area contributed by atoms with E-state index in [0.717, 1.165) is 37.1 Å². The van der Waals surface area contributed by atoms with Crippen molar-refractivity contribution in [2.45, 2.75) is 31.0 Å². The van der Waals surface area contributed by atoms with Crippen LogP contribution in [0.4, 0.5) is 0 Å². The Balaban J connectivity index is 1.88. The molecule has 1 aromatic rings. The molecule has 0 saturated carbocycles. The molecule has 4 nitrogen and oxygen atoms in total. The molecule has 3 aliphatic heterocycles. The standard InChI is InChI=1S/C20H25NO3/c1-2-3-16-12-17(19(23)13-22)5-4-15(16)6-9-20(24)14-21-10-7-18(20)8-11-21/h2,4-5,12,18-19,22-24H,1,3,7-8,10-11,13-14H2. The third kappa shape index (κ3) is 3.40. The highest BCUT2D eigenvalue weighted by atomic mass is 16.3. The number of fused-ring (bicyclic) bond motifs is 3. The molecule has 24 heavy (non-hydrogen) atoms. The predicted molar refractivity (Wildman–Crippen MR) is 93.4 cm³/mol. The maximum Gasteiger partial charge on any atom is 0.141 e. The number of aliphatic hydroxyl groups excluding tert-OH is 2. The molecule has 4 rings (SSSR count). The lowest BCUT2D eigenvalue weighted by Gasteiger charge is -2.47. The Kier molecular flexibility index (Phi) is 5.07. The minimum absolute atomic E-state index is 0.258. The van der Waals surface area contributed by atoms with E-state index in [1.54, 1.807) is 12.1 Å². The highest BCUT2D eigenvalue weighted by Crippen LogP contribution is 2.35. The molecule has 0 amide bonds. The van der Waals surface area contributed by atoms with Gasteiger partial charge in [-0.2, -0.15) is 0 Å². The Labute approximate surface area is 143 Å². The summed E-state index contributed by atoms with van der Waals surface area (Å²) in [6.07, 6.45) is 3.54. The van der Waals surface area contributed by atoms with Gasteiger partial charge in [0.1, 0.15) is 11.7 Å². The summed E-state index contributed by atoms with van der Waals surface area (Å²) in [5.41, 5.74) is 1.54. The second kappa shape index (κ2) is 7.08. The fourth-order valence-corrected chi connectivity index (χ4v) is 3.73. The fraction of sp³-hybridized carbons (Fsp3) is 0.500. The Bertz CT molecular complexity index is 667. The number of hydrogen-bond donors (Lipinski definition) is 3. The molecule has 3 aliphatic rings. The minimum Gasteiger partial charge on any atom is -0.393 e. The van der Waals surface area contributed by atoms with E-state index in [1.165, 1.54) is 0 Å². The first kappa shape index (κ1) is 17.2. The number of piperidine rings is 3. The Morgan fingerprint density at radius 3 is 2.71 bits per heavy atom. The summed E-state index contributed by atoms with van der Waals surface area (Å²) >= 11 is 0. The summed E-state index contributed by atoms with van der Waals surface area (Å²) < 4.78 is 0. The van der Waals surface area contributed by atoms with E-state index in [0.29, 0.717) is 18.5 Å². The lowest BCUT2D eigenvalue weighted by Crippen LogP contribution is -2.58. The Morgan fingerprint density at radius 2 is 2.12 bits per heavy atom. The van der Waals surface area contributed by atoms with Gasteiger partial charge in [0.25, 0.3) is 0 Å². The summed E-state index contributed by atoms with van der Waals surface area (Å²) in [7, 11) is 0. The van der Waals surface area contributed by atoms with Crippen molar-refractivity contribution < 1.29 is 15.3 Å². The molecule has 0 aromatic heterocycles. The zero-order valence-corrected chi connectivity index (χ0v) is 13.9. The van der Waals surface area contributed by atoms with Crippen molar-refractivity contribution in [1.82, 2.24) is 4.90 Å². The van der Waals surface area contributed by atoms with Crippen LogP contribution in [0.25, 0.3) is 0 Å². The minimum atomic E-state index is -0.925. The Hall–Kier alpha value is -1.64. The molecule has 128 valence electrons. The lowest BCUT2D eigenvalue weighted by atomic mass is 9.75. The SMILES string of the molecule is C=CCc1cc(C(O)CO)ccc1C#CC1(O)CN2CCC1CC2. The molecule has 0 spiro atoms. The summed E-state index contributed by atoms with van der Waals surface area (Å²) in [5.74, 6) is 6.54. The first-order valence-corrected chi connectivity index (χ1v) is 8.56. The first-order valence-electron chi connectivity index (χ1n) is 8.56. The molecule has 3 N–H and O–H groups in total. The third-order valence-electron chi connectivity index (χ3n) is 5.19. The van der Waals surface area contributed by atoms with Crippen LogP contribution in [0.2, 0.25) is 0 Å². The number of nitrogens with zero attached hydrogens (tertiary/aromatic N) is 1. The van der Waals surface area contributed by atoms with Gasteiger partial charge in [0.15, 0.2) is 0 Å². The van der Waals surface area contributed by atoms with Crippen LogP contribution >= 0.6 is 0 Å². The molecule has 3 fully saturated rings. The van der Waals surface area contributed by atoms with Crippen LogP contribution in [0.15, 0.2) is 30.9 Å². The van der Waals surface area contributed by atoms with Crippen molar-refractivity contribution in [3.05, 3.63) is 47.5 Å². The Morgan fingerprint density at radius 1 is 1.38 bits per heavy atom. The van der Waals surface area contributed by atoms with Gasteiger partial charge in [-0.1, -0.05) is 30.0 Å². The molecule has 3 saturated heterocycles. The van der Waals surface area contributed by atoms with Gasteiger partial charge in [-0.05, 0) is 49.5 Å². The van der Waals surface area contributed by atoms with Crippen molar-refractivity contribution in [1.29, 1.82) is 0 Å². The molecular weight excluding hydrogens is 302 g/mol. The first-order chi connectivity index (χ1) is 11.6. The molecule has 2 unspecified atom stereocenters. The van der Waals surface area contributed by atoms with E-state index < -0.39 is 11.7 Å². The molecule has 3 heterocycles. The predicted octanol–water partition coefficient (Wildman–Crippen LogP) is 1.25. The number of rotatable bonds is 4. The van der Waals surface area contributed by atoms with Crippen molar-refractivity contribution in [3.63, 3.8) is 0 Å². The molecule has 2 bridgehead atoms. The van der Waals surface area contributed by atoms with Gasteiger partial charge in [-0.25, -0.2) is 0 Å². The van der Waals surface area contributed by atoms with Crippen molar-refractivity contribution in [2.24, 2.45) is 5.92 Å². The maximum atomic E-state index is 10.9. The van der Waals surface area contributed by atoms with Crippen molar-refractivity contribution in [2.75, 3.05) is 26.2 Å². The molecule has 2 atom stereocenters. The number of hydrogen-bond acceptors (Lipinski definition) is 4. The number of benzene rings is 1. The van der Waals surface area contributed by atoms with Crippen LogP contribution in [0, 0.1) is 17.8 Å². The van der Waals surface area contributed by atoms with Gasteiger partial charge in [0, 0.05) is 18.0 Å². The topological polar surface area (TPSA) is 63.9 Å². The van der Waals surface area contributed by atoms with Crippen LogP contribution in [0.5, 0.6) is 0 Å². The van der Waals surface area contributed by atoms with Crippen LogP contribution in [-0.2, 0) is 6.42 Å². The van der Waals surface area contributed by atoms with E-state index in [2.05, 4.69) is 23.3 Å². The van der Waals surface area contributed by atoms with Gasteiger partial charge in [-0.15, -0.1) is 6.58 Å². The molecule has 0 aliphatic carbocycles. The average Bonchev–Trinajstić information content (AvgIpc) is 2.61. The fourth-order valence-electron chi connectivity index (χ4n) is 3.73. The number of aliphatic hydroxyl groups is 3. The summed E-state index contributed by atoms with van der Waals surface area (Å²) in [6, 6.07) is 5.48. The highest BCUT2D eigenvalue weighted by Gasteiger charge is 2.44. The molecule has 1 aromatic carbocycles. The molecule has 0 radical (unpaired) electrons. The molecule has 4 heteroatoms. The quantitative estimate of drug-likeness (QED) is 0.575. The van der Waals surface area contributed by atoms with Crippen LogP contribution in [0.3, 0.4) is 0 Å². The maximum absolute atomic E-state index is 10.9. The van der Waals surface area contributed by atoms with Crippen LogP contribution in [0.1, 0.15) is 35.6 Å². The monoisotopic (exact) mass is 327 g/mol. The van der Waals surface area contributed by atoms with Gasteiger partial charge in [0.05, 0.1) is 6.61 Å². The highest BCUT2D eigenvalue weighted by molar-refractivity contribution is 5.46. The van der Waals surface area contributed by atoms with Crippen molar-refractivity contribution >= 4 is 0 Å². The average molecular weight is 327 g/mol. The largest absolute Gasteiger partial charge is 0.393 e. The van der Waals surface area contributed by atoms with E-state index >= 15 is 0 Å². The normalized spacial score (nSPS) is 29.6. The van der Waals surface area contributed by atoms with Crippen LogP contribution in [-0.4, -0.2) is 52.1 Å².